The summed E-state index contributed by atoms with van der Waals surface area (Å²) in [4.78, 5) is 14.7. The molecule has 4 heteroatoms. The van der Waals surface area contributed by atoms with Crippen molar-refractivity contribution in [1.29, 1.82) is 0 Å². The van der Waals surface area contributed by atoms with Crippen molar-refractivity contribution in [1.82, 2.24) is 10.2 Å². The molecular weight excluding hydrogens is 308 g/mol. The van der Waals surface area contributed by atoms with Gasteiger partial charge in [-0.05, 0) is 49.2 Å². The van der Waals surface area contributed by atoms with Crippen molar-refractivity contribution in [3.05, 3.63) is 48.0 Å². The Kier molecular flexibility index (Phi) is 6.03. The summed E-state index contributed by atoms with van der Waals surface area (Å²) in [7, 11) is 1.95. The number of amides is 1. The monoisotopic (exact) mass is 332 g/mol. The maximum absolute atomic E-state index is 12.8. The van der Waals surface area contributed by atoms with Gasteiger partial charge < -0.3 is 10.2 Å². The first-order valence-electron chi connectivity index (χ1n) is 8.13. The number of hydrogen-bond donors (Lipinski definition) is 1. The lowest BCUT2D eigenvalue weighted by molar-refractivity contribution is -0.133. The van der Waals surface area contributed by atoms with Crippen molar-refractivity contribution >= 4 is 29.1 Å². The Morgan fingerprint density at radius 3 is 2.48 bits per heavy atom. The van der Waals surface area contributed by atoms with Crippen LogP contribution < -0.4 is 5.32 Å². The Morgan fingerprint density at radius 2 is 1.78 bits per heavy atom. The molecule has 3 rings (SSSR count). The molecule has 23 heavy (non-hydrogen) atoms. The maximum Gasteiger partial charge on any atom is 0.229 e. The quantitative estimate of drug-likeness (QED) is 0.931. The molecule has 1 saturated heterocycles. The van der Waals surface area contributed by atoms with Gasteiger partial charge in [-0.15, -0.1) is 12.4 Å². The fourth-order valence-corrected chi connectivity index (χ4v) is 3.30. The Labute approximate surface area is 144 Å². The molecular formula is C19H25ClN2O. The molecule has 0 bridgehead atoms. The number of halogens is 1. The molecule has 1 heterocycles. The zero-order valence-corrected chi connectivity index (χ0v) is 14.6. The number of nitrogens with zero attached hydrogens (tertiary/aromatic N) is 1. The molecule has 0 radical (unpaired) electrons. The summed E-state index contributed by atoms with van der Waals surface area (Å²) in [6.45, 7) is 4.03. The van der Waals surface area contributed by atoms with Crippen LogP contribution in [0.15, 0.2) is 42.5 Å². The highest BCUT2D eigenvalue weighted by atomic mass is 35.5. The predicted octanol–water partition coefficient (Wildman–Crippen LogP) is 3.58. The van der Waals surface area contributed by atoms with Crippen LogP contribution in [0.2, 0.25) is 0 Å². The molecule has 124 valence electrons. The molecule has 1 atom stereocenters. The van der Waals surface area contributed by atoms with Crippen molar-refractivity contribution in [2.75, 3.05) is 20.1 Å². The average Bonchev–Trinajstić information content (AvgIpc) is 2.60. The van der Waals surface area contributed by atoms with Crippen LogP contribution in [0.25, 0.3) is 10.8 Å². The van der Waals surface area contributed by atoms with Gasteiger partial charge in [0.25, 0.3) is 0 Å². The van der Waals surface area contributed by atoms with Crippen molar-refractivity contribution < 1.29 is 4.79 Å². The van der Waals surface area contributed by atoms with Gasteiger partial charge in [-0.3, -0.25) is 4.79 Å². The fourth-order valence-electron chi connectivity index (χ4n) is 3.30. The third kappa shape index (κ3) is 3.85. The van der Waals surface area contributed by atoms with E-state index in [9.17, 15) is 4.79 Å². The van der Waals surface area contributed by atoms with Crippen LogP contribution in [0.5, 0.6) is 0 Å². The fraction of sp³-hybridized carbons (Fsp3) is 0.421. The summed E-state index contributed by atoms with van der Waals surface area (Å²) in [5.74, 6) is 0.131. The highest BCUT2D eigenvalue weighted by molar-refractivity contribution is 5.87. The summed E-state index contributed by atoms with van der Waals surface area (Å²) in [6, 6.07) is 15.0. The molecule has 1 fully saturated rings. The topological polar surface area (TPSA) is 32.3 Å². The number of rotatable bonds is 3. The van der Waals surface area contributed by atoms with E-state index < -0.39 is 0 Å². The Bertz CT molecular complexity index is 667. The summed E-state index contributed by atoms with van der Waals surface area (Å²) in [6.07, 6.45) is 2.10. The van der Waals surface area contributed by atoms with Gasteiger partial charge >= 0.3 is 0 Å². The minimum Gasteiger partial charge on any atom is -0.342 e. The second-order valence-electron chi connectivity index (χ2n) is 6.26. The molecule has 1 aliphatic rings. The van der Waals surface area contributed by atoms with E-state index in [-0.39, 0.29) is 24.2 Å². The standard InChI is InChI=1S/C19H24N2O.ClH/c1-14(19(22)21(2)18-9-11-20-12-10-18)16-8-7-15-5-3-4-6-17(15)13-16;/h3-8,13-14,18,20H,9-12H2,1-2H3;1H. The van der Waals surface area contributed by atoms with Crippen molar-refractivity contribution in [2.45, 2.75) is 31.7 Å². The number of hydrogen-bond acceptors (Lipinski definition) is 2. The molecule has 1 amide bonds. The minimum atomic E-state index is -0.0931. The van der Waals surface area contributed by atoms with Gasteiger partial charge in [0, 0.05) is 13.1 Å². The highest BCUT2D eigenvalue weighted by Gasteiger charge is 2.26. The lowest BCUT2D eigenvalue weighted by Gasteiger charge is -2.33. The third-order valence-electron chi connectivity index (χ3n) is 4.85. The van der Waals surface area contributed by atoms with Crippen LogP contribution in [0.1, 0.15) is 31.2 Å². The first kappa shape index (κ1) is 17.8. The summed E-state index contributed by atoms with van der Waals surface area (Å²) >= 11 is 0. The lowest BCUT2D eigenvalue weighted by Crippen LogP contribution is -2.45. The first-order valence-corrected chi connectivity index (χ1v) is 8.13. The molecule has 0 spiro atoms. The lowest BCUT2D eigenvalue weighted by atomic mass is 9.95. The first-order chi connectivity index (χ1) is 10.7. The molecule has 2 aromatic rings. The second kappa shape index (κ2) is 7.80. The Balaban J connectivity index is 0.00000192. The number of carbonyl (C=O) groups is 1. The van der Waals surface area contributed by atoms with Gasteiger partial charge in [0.15, 0.2) is 0 Å². The highest BCUT2D eigenvalue weighted by Crippen LogP contribution is 2.24. The van der Waals surface area contributed by atoms with Crippen molar-refractivity contribution in [2.24, 2.45) is 0 Å². The smallest absolute Gasteiger partial charge is 0.229 e. The van der Waals surface area contributed by atoms with E-state index in [0.717, 1.165) is 31.5 Å². The Hall–Kier alpha value is -1.58. The number of likely N-dealkylation sites (N-methyl/N-ethyl adjacent to an activating group) is 1. The second-order valence-corrected chi connectivity index (χ2v) is 6.26. The number of benzene rings is 2. The van der Waals surface area contributed by atoms with E-state index in [0.29, 0.717) is 6.04 Å². The normalized spacial score (nSPS) is 16.6. The number of piperidine rings is 1. The van der Waals surface area contributed by atoms with Gasteiger partial charge in [0.2, 0.25) is 5.91 Å². The van der Waals surface area contributed by atoms with E-state index in [4.69, 9.17) is 0 Å². The molecule has 1 unspecified atom stereocenters. The molecule has 0 aromatic heterocycles. The van der Waals surface area contributed by atoms with Crippen molar-refractivity contribution in [3.8, 4) is 0 Å². The minimum absolute atomic E-state index is 0. The largest absolute Gasteiger partial charge is 0.342 e. The summed E-state index contributed by atoms with van der Waals surface area (Å²) in [5.41, 5.74) is 1.10. The SMILES string of the molecule is CC(C(=O)N(C)C1CCNCC1)c1ccc2ccccc2c1.Cl. The zero-order valence-electron chi connectivity index (χ0n) is 13.8. The van der Waals surface area contributed by atoms with E-state index in [2.05, 4.69) is 35.6 Å². The van der Waals surface area contributed by atoms with E-state index in [1.807, 2.05) is 31.0 Å². The maximum atomic E-state index is 12.8. The van der Waals surface area contributed by atoms with Gasteiger partial charge in [0.05, 0.1) is 5.92 Å². The van der Waals surface area contributed by atoms with Gasteiger partial charge in [0.1, 0.15) is 0 Å². The van der Waals surface area contributed by atoms with Crippen LogP contribution in [-0.2, 0) is 4.79 Å². The van der Waals surface area contributed by atoms with Crippen LogP contribution in [0.3, 0.4) is 0 Å². The van der Waals surface area contributed by atoms with Gasteiger partial charge in [-0.25, -0.2) is 0 Å². The van der Waals surface area contributed by atoms with Crippen LogP contribution in [0, 0.1) is 0 Å². The predicted molar refractivity (Wildman–Crippen MR) is 98.3 cm³/mol. The van der Waals surface area contributed by atoms with Crippen molar-refractivity contribution in [3.63, 3.8) is 0 Å². The Morgan fingerprint density at radius 1 is 1.13 bits per heavy atom. The molecule has 2 aromatic carbocycles. The van der Waals surface area contributed by atoms with Gasteiger partial charge in [-0.1, -0.05) is 42.5 Å². The summed E-state index contributed by atoms with van der Waals surface area (Å²) < 4.78 is 0. The van der Waals surface area contributed by atoms with Crippen LogP contribution in [0.4, 0.5) is 0 Å². The molecule has 0 aliphatic carbocycles. The zero-order chi connectivity index (χ0) is 15.5. The average molecular weight is 333 g/mol. The third-order valence-corrected chi connectivity index (χ3v) is 4.85. The molecule has 1 N–H and O–H groups in total. The molecule has 3 nitrogen and oxygen atoms in total. The molecule has 1 aliphatic heterocycles. The molecule has 0 saturated carbocycles. The number of fused-ring (bicyclic) bond motifs is 1. The number of carbonyl (C=O) groups excluding carboxylic acids is 1. The number of nitrogens with one attached hydrogen (secondary N) is 1. The van der Waals surface area contributed by atoms with Crippen LogP contribution in [-0.4, -0.2) is 37.0 Å². The van der Waals surface area contributed by atoms with E-state index in [1.54, 1.807) is 0 Å². The summed E-state index contributed by atoms with van der Waals surface area (Å²) in [5, 5.41) is 5.77. The van der Waals surface area contributed by atoms with Gasteiger partial charge in [-0.2, -0.15) is 0 Å². The van der Waals surface area contributed by atoms with E-state index >= 15 is 0 Å². The van der Waals surface area contributed by atoms with Crippen LogP contribution >= 0.6 is 12.4 Å². The van der Waals surface area contributed by atoms with E-state index in [1.165, 1.54) is 10.8 Å².